The molecule has 3 heterocycles. The summed E-state index contributed by atoms with van der Waals surface area (Å²) in [6.45, 7) is 4.51. The molecule has 0 aliphatic carbocycles. The second-order valence-electron chi connectivity index (χ2n) is 7.74. The number of allylic oxidation sites excluding steroid dienone is 2. The van der Waals surface area contributed by atoms with Crippen LogP contribution in [-0.2, 0) is 11.3 Å². The number of nitrogens with zero attached hydrogens (tertiary/aromatic N) is 3. The predicted octanol–water partition coefficient (Wildman–Crippen LogP) is 3.79. The third-order valence-electron chi connectivity index (χ3n) is 5.42. The Hall–Kier alpha value is -3.73. The number of anilines is 1. The van der Waals surface area contributed by atoms with Gasteiger partial charge in [0.15, 0.2) is 16.7 Å². The van der Waals surface area contributed by atoms with Gasteiger partial charge in [0.05, 0.1) is 11.4 Å². The van der Waals surface area contributed by atoms with Crippen LogP contribution in [0.1, 0.15) is 32.4 Å². The third-order valence-corrected chi connectivity index (χ3v) is 6.47. The Bertz CT molecular complexity index is 1250. The molecule has 0 unspecified atom stereocenters. The lowest BCUT2D eigenvalue weighted by Gasteiger charge is -2.13. The number of carbonyl (C=O) groups excluding carboxylic acids is 1. The summed E-state index contributed by atoms with van der Waals surface area (Å²) in [6.07, 6.45) is 4.48. The van der Waals surface area contributed by atoms with Crippen molar-refractivity contribution in [3.8, 4) is 22.8 Å². The fourth-order valence-corrected chi connectivity index (χ4v) is 4.59. The average Bonchev–Trinajstić information content (AvgIpc) is 3.56. The van der Waals surface area contributed by atoms with Crippen LogP contribution in [0.4, 0.5) is 5.82 Å². The number of primary amides is 1. The second-order valence-corrected chi connectivity index (χ2v) is 8.75. The van der Waals surface area contributed by atoms with Gasteiger partial charge in [-0.25, -0.2) is 4.98 Å². The fraction of sp³-hybridized carbons (Fsp3) is 0.304. The molecule has 1 aromatic carbocycles. The maximum atomic E-state index is 11.6. The highest BCUT2D eigenvalue weighted by Gasteiger charge is 2.24. The summed E-state index contributed by atoms with van der Waals surface area (Å²) in [5, 5.41) is 19.5. The lowest BCUT2D eigenvalue weighted by Crippen LogP contribution is -2.15. The Morgan fingerprint density at radius 3 is 2.79 bits per heavy atom. The van der Waals surface area contributed by atoms with Crippen LogP contribution >= 0.6 is 11.8 Å². The number of imidazole rings is 1. The number of amides is 1. The monoisotopic (exact) mass is 481 g/mol. The van der Waals surface area contributed by atoms with E-state index in [1.807, 2.05) is 42.7 Å². The molecule has 10 nitrogen and oxygen atoms in total. The second kappa shape index (κ2) is 10.0. The Morgan fingerprint density at radius 2 is 2.15 bits per heavy atom. The van der Waals surface area contributed by atoms with Gasteiger partial charge in [-0.15, -0.1) is 0 Å². The highest BCUT2D eigenvalue weighted by atomic mass is 32.2. The zero-order valence-electron chi connectivity index (χ0n) is 19.3. The number of hydrogen-bond acceptors (Lipinski definition) is 8. The zero-order chi connectivity index (χ0) is 24.2. The fourth-order valence-electron chi connectivity index (χ4n) is 3.52. The molecule has 0 radical (unpaired) electrons. The van der Waals surface area contributed by atoms with Crippen LogP contribution < -0.4 is 20.5 Å². The number of ether oxygens (including phenoxy) is 2. The van der Waals surface area contributed by atoms with Gasteiger partial charge in [-0.3, -0.25) is 15.3 Å². The van der Waals surface area contributed by atoms with E-state index in [1.54, 1.807) is 13.2 Å². The van der Waals surface area contributed by atoms with E-state index >= 15 is 0 Å². The van der Waals surface area contributed by atoms with E-state index in [-0.39, 0.29) is 13.2 Å². The SMILES string of the molecule is CC/C(C)=C/C(=N)c1nc(Sc2cc3c(cc2-c2ccn[nH]2)OCO3)n(CCC(N)=O)c1NC. The van der Waals surface area contributed by atoms with Gasteiger partial charge in [-0.05, 0) is 37.6 Å². The van der Waals surface area contributed by atoms with E-state index in [0.717, 1.165) is 28.1 Å². The molecule has 0 saturated heterocycles. The summed E-state index contributed by atoms with van der Waals surface area (Å²) < 4.78 is 13.1. The molecule has 3 aromatic rings. The molecule has 0 bridgehead atoms. The van der Waals surface area contributed by atoms with Gasteiger partial charge >= 0.3 is 0 Å². The first-order valence-electron chi connectivity index (χ1n) is 10.8. The molecular formula is C23H27N7O3S. The molecule has 178 valence electrons. The number of fused-ring (bicyclic) bond motifs is 1. The Labute approximate surface area is 201 Å². The van der Waals surface area contributed by atoms with Crippen LogP contribution in [0.5, 0.6) is 11.5 Å². The van der Waals surface area contributed by atoms with E-state index in [4.69, 9.17) is 25.6 Å². The first-order chi connectivity index (χ1) is 16.4. The molecule has 4 rings (SSSR count). The van der Waals surface area contributed by atoms with Crippen molar-refractivity contribution in [3.63, 3.8) is 0 Å². The average molecular weight is 482 g/mol. The number of nitrogens with one attached hydrogen (secondary N) is 3. The molecule has 11 heteroatoms. The van der Waals surface area contributed by atoms with E-state index in [0.29, 0.717) is 40.4 Å². The van der Waals surface area contributed by atoms with Gasteiger partial charge in [0.25, 0.3) is 0 Å². The van der Waals surface area contributed by atoms with Gasteiger partial charge in [-0.2, -0.15) is 5.10 Å². The summed E-state index contributed by atoms with van der Waals surface area (Å²) in [5.41, 5.74) is 9.01. The molecule has 2 aromatic heterocycles. The minimum atomic E-state index is -0.411. The van der Waals surface area contributed by atoms with Crippen LogP contribution in [0, 0.1) is 5.41 Å². The maximum absolute atomic E-state index is 11.6. The van der Waals surface area contributed by atoms with Crippen LogP contribution in [0.3, 0.4) is 0 Å². The first kappa shape index (κ1) is 23.4. The summed E-state index contributed by atoms with van der Waals surface area (Å²) >= 11 is 1.41. The largest absolute Gasteiger partial charge is 0.454 e. The molecule has 1 aliphatic rings. The Kier molecular flexibility index (Phi) is 6.92. The summed E-state index contributed by atoms with van der Waals surface area (Å²) in [5.74, 6) is 1.54. The number of benzene rings is 1. The lowest BCUT2D eigenvalue weighted by atomic mass is 10.1. The Balaban J connectivity index is 1.81. The van der Waals surface area contributed by atoms with E-state index in [9.17, 15) is 4.79 Å². The smallest absolute Gasteiger partial charge is 0.231 e. The maximum Gasteiger partial charge on any atom is 0.231 e. The minimum absolute atomic E-state index is 0.143. The number of H-pyrrole nitrogens is 1. The van der Waals surface area contributed by atoms with E-state index in [1.165, 1.54) is 11.8 Å². The zero-order valence-corrected chi connectivity index (χ0v) is 20.1. The topological polar surface area (TPSA) is 144 Å². The standard InChI is InChI=1S/C23H27N7O3S/c1-4-13(2)9-15(24)21-22(26-3)30(8-6-20(25)31)23(28-21)34-19-11-18-17(32-12-33-18)10-14(19)16-5-7-27-29-16/h5,7,9-11,24,26H,4,6,8,12H2,1-3H3,(H2,25,31)(H,27,29)/b13-9+,24-15?. The van der Waals surface area contributed by atoms with Gasteiger partial charge in [0.1, 0.15) is 11.5 Å². The van der Waals surface area contributed by atoms with Crippen LogP contribution in [-0.4, -0.2) is 45.2 Å². The van der Waals surface area contributed by atoms with Crippen molar-refractivity contribution in [1.29, 1.82) is 5.41 Å². The molecule has 0 spiro atoms. The molecule has 5 N–H and O–H groups in total. The molecule has 1 aliphatic heterocycles. The quantitative estimate of drug-likeness (QED) is 0.322. The first-order valence-corrected chi connectivity index (χ1v) is 11.7. The van der Waals surface area contributed by atoms with E-state index < -0.39 is 5.91 Å². The van der Waals surface area contributed by atoms with Crippen molar-refractivity contribution >= 4 is 29.2 Å². The Morgan fingerprint density at radius 1 is 1.38 bits per heavy atom. The van der Waals surface area contributed by atoms with Crippen molar-refractivity contribution in [2.75, 3.05) is 19.2 Å². The van der Waals surface area contributed by atoms with Crippen molar-refractivity contribution in [2.45, 2.75) is 43.3 Å². The van der Waals surface area contributed by atoms with Crippen LogP contribution in [0.15, 0.2) is 46.1 Å². The van der Waals surface area contributed by atoms with Crippen LogP contribution in [0.2, 0.25) is 0 Å². The molecule has 0 fully saturated rings. The minimum Gasteiger partial charge on any atom is -0.454 e. The van der Waals surface area contributed by atoms with Gasteiger partial charge in [-0.1, -0.05) is 24.3 Å². The summed E-state index contributed by atoms with van der Waals surface area (Å²) in [7, 11) is 1.77. The molecule has 1 amide bonds. The number of hydrogen-bond donors (Lipinski definition) is 4. The van der Waals surface area contributed by atoms with Crippen LogP contribution in [0.25, 0.3) is 11.3 Å². The van der Waals surface area contributed by atoms with Gasteiger partial charge in [0, 0.05) is 36.7 Å². The molecule has 0 atom stereocenters. The van der Waals surface area contributed by atoms with Crippen molar-refractivity contribution in [3.05, 3.63) is 41.7 Å². The van der Waals surface area contributed by atoms with Crippen molar-refractivity contribution in [2.24, 2.45) is 5.73 Å². The number of nitrogens with two attached hydrogens (primary N) is 1. The van der Waals surface area contributed by atoms with Crippen molar-refractivity contribution < 1.29 is 14.3 Å². The molecule has 0 saturated carbocycles. The summed E-state index contributed by atoms with van der Waals surface area (Å²) in [4.78, 5) is 17.2. The highest BCUT2D eigenvalue weighted by molar-refractivity contribution is 7.99. The third kappa shape index (κ3) is 4.79. The number of rotatable bonds is 10. The highest BCUT2D eigenvalue weighted by Crippen LogP contribution is 2.44. The molecule has 34 heavy (non-hydrogen) atoms. The van der Waals surface area contributed by atoms with Gasteiger partial charge < -0.3 is 25.1 Å². The van der Waals surface area contributed by atoms with E-state index in [2.05, 4.69) is 15.5 Å². The summed E-state index contributed by atoms with van der Waals surface area (Å²) in [6, 6.07) is 5.69. The lowest BCUT2D eigenvalue weighted by molar-refractivity contribution is -0.118. The number of aromatic nitrogens is 4. The predicted molar refractivity (Wildman–Crippen MR) is 131 cm³/mol. The number of aromatic amines is 1. The van der Waals surface area contributed by atoms with Crippen molar-refractivity contribution in [1.82, 2.24) is 19.7 Å². The number of carbonyl (C=O) groups is 1. The van der Waals surface area contributed by atoms with Gasteiger partial charge in [0.2, 0.25) is 12.7 Å². The molecular weight excluding hydrogens is 454 g/mol. The normalized spacial score (nSPS) is 12.7.